The molecule has 1 aliphatic rings. The van der Waals surface area contributed by atoms with Gasteiger partial charge in [0.15, 0.2) is 0 Å². The molecule has 0 amide bonds. The third-order valence-corrected chi connectivity index (χ3v) is 5.08. The van der Waals surface area contributed by atoms with Crippen molar-refractivity contribution in [2.24, 2.45) is 5.14 Å². The Morgan fingerprint density at radius 1 is 1.24 bits per heavy atom. The van der Waals surface area contributed by atoms with Crippen LogP contribution in [0.5, 0.6) is 0 Å². The van der Waals surface area contributed by atoms with Crippen LogP contribution in [0.1, 0.15) is 12.8 Å². The Morgan fingerprint density at radius 3 is 2.41 bits per heavy atom. The molecule has 2 N–H and O–H groups in total. The van der Waals surface area contributed by atoms with E-state index in [1.807, 2.05) is 0 Å². The van der Waals surface area contributed by atoms with E-state index in [9.17, 15) is 13.0 Å². The van der Waals surface area contributed by atoms with Gasteiger partial charge in [-0.05, 0) is 37.1 Å². The average Bonchev–Trinajstić information content (AvgIpc) is 2.29. The molecule has 1 fully saturated rings. The van der Waals surface area contributed by atoms with Crippen molar-refractivity contribution in [2.75, 3.05) is 16.6 Å². The smallest absolute Gasteiger partial charge is 0.238 e. The van der Waals surface area contributed by atoms with Crippen LogP contribution in [0.25, 0.3) is 0 Å². The van der Waals surface area contributed by atoms with Gasteiger partial charge in [0.1, 0.15) is 5.75 Å². The molecule has 17 heavy (non-hydrogen) atoms. The molecule has 0 saturated carbocycles. The van der Waals surface area contributed by atoms with E-state index in [-0.39, 0.29) is 4.90 Å². The molecule has 1 saturated heterocycles. The fourth-order valence-electron chi connectivity index (χ4n) is 1.74. The summed E-state index contributed by atoms with van der Waals surface area (Å²) >= 11 is -1.00. The second kappa shape index (κ2) is 4.85. The summed E-state index contributed by atoms with van der Waals surface area (Å²) in [6.07, 6.45) is 1.97. The Bertz CT molecular complexity index is 487. The summed E-state index contributed by atoms with van der Waals surface area (Å²) in [4.78, 5) is 0.0732. The monoisotopic (exact) mass is 274 g/mol. The molecule has 0 aliphatic carbocycles. The lowest BCUT2D eigenvalue weighted by atomic mass is 10.3. The highest BCUT2D eigenvalue weighted by molar-refractivity contribution is 7.92. The topological polar surface area (TPSA) is 86.5 Å². The quantitative estimate of drug-likeness (QED) is 0.800. The minimum atomic E-state index is -3.66. The van der Waals surface area contributed by atoms with Gasteiger partial charge in [-0.2, -0.15) is 4.31 Å². The summed E-state index contributed by atoms with van der Waals surface area (Å²) in [6.45, 7) is 0.737. The molecule has 2 rings (SSSR count). The number of primary sulfonamides is 1. The standard InChI is InChI=1S/C10H14N2O3S2/c11-17(14,15)10-5-3-9(4-6-10)12-7-1-2-8-16(12)13/h3-6H,1-2,7-8H2,(H2,11,14,15). The highest BCUT2D eigenvalue weighted by atomic mass is 32.2. The van der Waals surface area contributed by atoms with Gasteiger partial charge in [-0.15, -0.1) is 0 Å². The van der Waals surface area contributed by atoms with Gasteiger partial charge in [0.05, 0.1) is 28.5 Å². The SMILES string of the molecule is NS(=O)(=O)c1ccc(N2CCCC[S+]2[O-])cc1. The van der Waals surface area contributed by atoms with Gasteiger partial charge in [-0.25, -0.2) is 13.6 Å². The number of rotatable bonds is 2. The second-order valence-electron chi connectivity index (χ2n) is 3.87. The first-order valence-electron chi connectivity index (χ1n) is 5.27. The average molecular weight is 274 g/mol. The Hall–Kier alpha value is -0.760. The molecule has 1 aliphatic heterocycles. The molecular weight excluding hydrogens is 260 g/mol. The van der Waals surface area contributed by atoms with Gasteiger partial charge < -0.3 is 4.55 Å². The molecule has 1 unspecified atom stereocenters. The molecule has 0 bridgehead atoms. The van der Waals surface area contributed by atoms with Crippen molar-refractivity contribution in [3.63, 3.8) is 0 Å². The lowest BCUT2D eigenvalue weighted by Gasteiger charge is -2.29. The number of nitrogens with two attached hydrogens (primary N) is 1. The van der Waals surface area contributed by atoms with Crippen LogP contribution in [0.3, 0.4) is 0 Å². The zero-order valence-corrected chi connectivity index (χ0v) is 10.8. The van der Waals surface area contributed by atoms with Gasteiger partial charge in [0.2, 0.25) is 10.0 Å². The Balaban J connectivity index is 2.23. The van der Waals surface area contributed by atoms with E-state index in [0.717, 1.165) is 25.1 Å². The number of sulfonamides is 1. The van der Waals surface area contributed by atoms with Gasteiger partial charge in [-0.1, -0.05) is 0 Å². The second-order valence-corrected chi connectivity index (χ2v) is 6.93. The van der Waals surface area contributed by atoms with E-state index in [2.05, 4.69) is 0 Å². The molecule has 0 radical (unpaired) electrons. The fourth-order valence-corrected chi connectivity index (χ4v) is 3.62. The maximum atomic E-state index is 11.8. The van der Waals surface area contributed by atoms with Crippen molar-refractivity contribution >= 4 is 27.1 Å². The van der Waals surface area contributed by atoms with Gasteiger partial charge in [0.25, 0.3) is 0 Å². The summed E-state index contributed by atoms with van der Waals surface area (Å²) in [5.41, 5.74) is 0.774. The maximum Gasteiger partial charge on any atom is 0.238 e. The van der Waals surface area contributed by atoms with Crippen LogP contribution in [0.2, 0.25) is 0 Å². The number of nitrogens with zero attached hydrogens (tertiary/aromatic N) is 1. The molecule has 5 nitrogen and oxygen atoms in total. The van der Waals surface area contributed by atoms with Crippen LogP contribution in [-0.2, 0) is 21.4 Å². The van der Waals surface area contributed by atoms with E-state index >= 15 is 0 Å². The molecular formula is C10H14N2O3S2. The first-order chi connectivity index (χ1) is 7.98. The third kappa shape index (κ3) is 2.92. The molecule has 1 aromatic rings. The number of hydrogen-bond donors (Lipinski definition) is 1. The molecule has 0 aromatic heterocycles. The summed E-state index contributed by atoms with van der Waals surface area (Å²) in [5.74, 6) is 0.664. The first-order valence-corrected chi connectivity index (χ1v) is 8.09. The van der Waals surface area contributed by atoms with Crippen molar-refractivity contribution in [3.8, 4) is 0 Å². The maximum absolute atomic E-state index is 11.8. The van der Waals surface area contributed by atoms with Gasteiger partial charge >= 0.3 is 0 Å². The predicted molar refractivity (Wildman–Crippen MR) is 67.4 cm³/mol. The molecule has 0 spiro atoms. The minimum Gasteiger partial charge on any atom is -0.593 e. The normalized spacial score (nSPS) is 21.5. The van der Waals surface area contributed by atoms with Crippen molar-refractivity contribution < 1.29 is 13.0 Å². The van der Waals surface area contributed by atoms with Gasteiger partial charge in [0, 0.05) is 0 Å². The lowest BCUT2D eigenvalue weighted by molar-refractivity contribution is 0.573. The van der Waals surface area contributed by atoms with E-state index in [1.54, 1.807) is 16.4 Å². The summed E-state index contributed by atoms with van der Waals surface area (Å²) in [6, 6.07) is 6.17. The van der Waals surface area contributed by atoms with Crippen molar-refractivity contribution in [1.29, 1.82) is 0 Å². The molecule has 7 heteroatoms. The van der Waals surface area contributed by atoms with E-state index < -0.39 is 21.4 Å². The summed E-state index contributed by atoms with van der Waals surface area (Å²) in [7, 11) is -3.66. The van der Waals surface area contributed by atoms with Crippen LogP contribution in [0.15, 0.2) is 29.2 Å². The van der Waals surface area contributed by atoms with Crippen molar-refractivity contribution in [2.45, 2.75) is 17.7 Å². The summed E-state index contributed by atoms with van der Waals surface area (Å²) < 4.78 is 35.7. The Morgan fingerprint density at radius 2 is 1.88 bits per heavy atom. The highest BCUT2D eigenvalue weighted by Crippen LogP contribution is 2.24. The van der Waals surface area contributed by atoms with E-state index in [0.29, 0.717) is 5.75 Å². The largest absolute Gasteiger partial charge is 0.593 e. The molecule has 94 valence electrons. The first kappa shape index (κ1) is 12.7. The van der Waals surface area contributed by atoms with Crippen molar-refractivity contribution in [1.82, 2.24) is 0 Å². The fraction of sp³-hybridized carbons (Fsp3) is 0.400. The number of anilines is 1. The minimum absolute atomic E-state index is 0.0732. The highest BCUT2D eigenvalue weighted by Gasteiger charge is 2.24. The predicted octanol–water partition coefficient (Wildman–Crippen LogP) is 0.598. The Kier molecular flexibility index (Phi) is 3.62. The number of hydrogen-bond acceptors (Lipinski definition) is 4. The van der Waals surface area contributed by atoms with Crippen LogP contribution >= 0.6 is 0 Å². The van der Waals surface area contributed by atoms with Crippen molar-refractivity contribution in [3.05, 3.63) is 24.3 Å². The number of benzene rings is 1. The Labute approximate surface area is 104 Å². The van der Waals surface area contributed by atoms with Gasteiger partial charge in [-0.3, -0.25) is 0 Å². The zero-order valence-electron chi connectivity index (χ0n) is 9.20. The van der Waals surface area contributed by atoms with Crippen LogP contribution in [0, 0.1) is 0 Å². The van der Waals surface area contributed by atoms with E-state index in [4.69, 9.17) is 5.14 Å². The van der Waals surface area contributed by atoms with E-state index in [1.165, 1.54) is 12.1 Å². The summed E-state index contributed by atoms with van der Waals surface area (Å²) in [5, 5.41) is 5.01. The molecule has 1 heterocycles. The van der Waals surface area contributed by atoms with Crippen LogP contribution < -0.4 is 9.44 Å². The van der Waals surface area contributed by atoms with Crippen LogP contribution in [0.4, 0.5) is 5.69 Å². The molecule has 1 aromatic carbocycles. The zero-order chi connectivity index (χ0) is 12.5. The lowest BCUT2D eigenvalue weighted by Crippen LogP contribution is -2.37. The van der Waals surface area contributed by atoms with Crippen LogP contribution in [-0.4, -0.2) is 25.3 Å². The third-order valence-electron chi connectivity index (χ3n) is 2.63. The molecule has 1 atom stereocenters.